The molecule has 0 N–H and O–H groups in total. The van der Waals surface area contributed by atoms with Gasteiger partial charge in [-0.1, -0.05) is 0 Å². The van der Waals surface area contributed by atoms with E-state index in [-0.39, 0.29) is 16.5 Å². The van der Waals surface area contributed by atoms with E-state index in [4.69, 9.17) is 5.26 Å². The van der Waals surface area contributed by atoms with Gasteiger partial charge in [0.1, 0.15) is 0 Å². The highest BCUT2D eigenvalue weighted by molar-refractivity contribution is 9.10. The highest BCUT2D eigenvalue weighted by Gasteiger charge is 2.16. The van der Waals surface area contributed by atoms with Gasteiger partial charge in [0.15, 0.2) is 17.5 Å². The average Bonchev–Trinajstić information content (AvgIpc) is 2.11. The van der Waals surface area contributed by atoms with E-state index in [1.165, 1.54) is 0 Å². The summed E-state index contributed by atoms with van der Waals surface area (Å²) in [6.45, 7) is 0. The highest BCUT2D eigenvalue weighted by Crippen LogP contribution is 2.23. The summed E-state index contributed by atoms with van der Waals surface area (Å²) in [5.41, 5.74) is -0.159. The standard InChI is InChI=1S/C8H3BrF3N/c9-5-3-4(1-2-13)6(10)8(12)7(5)11/h3H,1H2. The van der Waals surface area contributed by atoms with Crippen LogP contribution in [-0.4, -0.2) is 0 Å². The molecule has 0 amide bonds. The molecule has 5 heteroatoms. The SMILES string of the molecule is N#CCc1cc(Br)c(F)c(F)c1F. The Morgan fingerprint density at radius 1 is 1.23 bits per heavy atom. The molecule has 1 nitrogen and oxygen atoms in total. The molecule has 13 heavy (non-hydrogen) atoms. The molecule has 1 rings (SSSR count). The lowest BCUT2D eigenvalue weighted by Gasteiger charge is -2.02. The molecule has 1 aromatic carbocycles. The third kappa shape index (κ3) is 1.83. The molecular formula is C8H3BrF3N. The fraction of sp³-hybridized carbons (Fsp3) is 0.125. The topological polar surface area (TPSA) is 23.8 Å². The molecule has 0 aliphatic carbocycles. The number of nitrogens with zero attached hydrogens (tertiary/aromatic N) is 1. The maximum atomic E-state index is 12.8. The number of halogens is 4. The molecular weight excluding hydrogens is 247 g/mol. The Bertz CT molecular complexity index is 384. The number of hydrogen-bond donors (Lipinski definition) is 0. The Kier molecular flexibility index (Phi) is 2.94. The normalized spacial score (nSPS) is 9.77. The van der Waals surface area contributed by atoms with E-state index in [2.05, 4.69) is 15.9 Å². The van der Waals surface area contributed by atoms with Crippen molar-refractivity contribution in [3.8, 4) is 6.07 Å². The fourth-order valence-electron chi connectivity index (χ4n) is 0.836. The van der Waals surface area contributed by atoms with E-state index in [0.717, 1.165) is 6.07 Å². The van der Waals surface area contributed by atoms with Crippen molar-refractivity contribution >= 4 is 15.9 Å². The van der Waals surface area contributed by atoms with E-state index in [0.29, 0.717) is 0 Å². The molecule has 0 aromatic heterocycles. The largest absolute Gasteiger partial charge is 0.203 e. The summed E-state index contributed by atoms with van der Waals surface area (Å²) >= 11 is 2.71. The maximum absolute atomic E-state index is 12.8. The van der Waals surface area contributed by atoms with Crippen molar-refractivity contribution in [1.82, 2.24) is 0 Å². The predicted molar refractivity (Wildman–Crippen MR) is 43.3 cm³/mol. The minimum atomic E-state index is -1.56. The molecule has 0 saturated heterocycles. The van der Waals surface area contributed by atoms with Crippen LogP contribution in [0.2, 0.25) is 0 Å². The molecule has 1 aromatic rings. The summed E-state index contributed by atoms with van der Waals surface area (Å²) in [6, 6.07) is 2.70. The Labute approximate surface area is 80.9 Å². The van der Waals surface area contributed by atoms with Crippen LogP contribution in [0.1, 0.15) is 5.56 Å². The van der Waals surface area contributed by atoms with Crippen LogP contribution < -0.4 is 0 Å². The van der Waals surface area contributed by atoms with Crippen LogP contribution in [0.5, 0.6) is 0 Å². The fourth-order valence-corrected chi connectivity index (χ4v) is 1.29. The van der Waals surface area contributed by atoms with Gasteiger partial charge in [0.2, 0.25) is 0 Å². The molecule has 0 heterocycles. The van der Waals surface area contributed by atoms with Gasteiger partial charge in [0.25, 0.3) is 0 Å². The quantitative estimate of drug-likeness (QED) is 0.555. The lowest BCUT2D eigenvalue weighted by Crippen LogP contribution is -1.98. The Morgan fingerprint density at radius 3 is 2.38 bits per heavy atom. The number of hydrogen-bond acceptors (Lipinski definition) is 1. The summed E-state index contributed by atoms with van der Waals surface area (Å²) in [4.78, 5) is 0. The van der Waals surface area contributed by atoms with Gasteiger partial charge >= 0.3 is 0 Å². The average molecular weight is 250 g/mol. The summed E-state index contributed by atoms with van der Waals surface area (Å²) in [5, 5.41) is 8.25. The van der Waals surface area contributed by atoms with Crippen molar-refractivity contribution in [3.63, 3.8) is 0 Å². The third-order valence-electron chi connectivity index (χ3n) is 1.45. The van der Waals surface area contributed by atoms with Gasteiger partial charge in [-0.25, -0.2) is 13.2 Å². The van der Waals surface area contributed by atoms with Crippen LogP contribution in [0, 0.1) is 28.8 Å². The van der Waals surface area contributed by atoms with Crippen molar-refractivity contribution in [3.05, 3.63) is 33.6 Å². The number of nitriles is 1. The Morgan fingerprint density at radius 2 is 1.85 bits per heavy atom. The number of rotatable bonds is 1. The zero-order valence-corrected chi connectivity index (χ0v) is 7.83. The highest BCUT2D eigenvalue weighted by atomic mass is 79.9. The molecule has 0 saturated carbocycles. The molecule has 0 unspecified atom stereocenters. The van der Waals surface area contributed by atoms with Gasteiger partial charge in [-0.3, -0.25) is 0 Å². The van der Waals surface area contributed by atoms with E-state index in [9.17, 15) is 13.2 Å². The minimum Gasteiger partial charge on any atom is -0.203 e. The monoisotopic (exact) mass is 249 g/mol. The van der Waals surface area contributed by atoms with Crippen LogP contribution in [0.3, 0.4) is 0 Å². The molecule has 0 atom stereocenters. The van der Waals surface area contributed by atoms with Gasteiger partial charge < -0.3 is 0 Å². The van der Waals surface area contributed by atoms with Crippen LogP contribution in [-0.2, 0) is 6.42 Å². The smallest absolute Gasteiger partial charge is 0.195 e. The summed E-state index contributed by atoms with van der Waals surface area (Å²) in [7, 11) is 0. The van der Waals surface area contributed by atoms with Crippen LogP contribution >= 0.6 is 15.9 Å². The first-order valence-electron chi connectivity index (χ1n) is 3.26. The van der Waals surface area contributed by atoms with Gasteiger partial charge in [0, 0.05) is 5.56 Å². The second-order valence-corrected chi connectivity index (χ2v) is 3.15. The van der Waals surface area contributed by atoms with E-state index >= 15 is 0 Å². The molecule has 0 aliphatic heterocycles. The van der Waals surface area contributed by atoms with E-state index in [1.54, 1.807) is 6.07 Å². The molecule has 0 spiro atoms. The zero-order valence-electron chi connectivity index (χ0n) is 6.24. The van der Waals surface area contributed by atoms with E-state index in [1.807, 2.05) is 0 Å². The number of benzene rings is 1. The van der Waals surface area contributed by atoms with Gasteiger partial charge in [-0.2, -0.15) is 5.26 Å². The minimum absolute atomic E-state index is 0.159. The molecule has 0 radical (unpaired) electrons. The van der Waals surface area contributed by atoms with Crippen LogP contribution in [0.15, 0.2) is 10.5 Å². The van der Waals surface area contributed by atoms with Gasteiger partial charge in [-0.15, -0.1) is 0 Å². The lowest BCUT2D eigenvalue weighted by molar-refractivity contribution is 0.439. The molecule has 68 valence electrons. The van der Waals surface area contributed by atoms with Crippen molar-refractivity contribution < 1.29 is 13.2 Å². The second kappa shape index (κ2) is 3.79. The predicted octanol–water partition coefficient (Wildman–Crippen LogP) is 2.93. The first-order chi connectivity index (χ1) is 6.07. The first kappa shape index (κ1) is 10.1. The van der Waals surface area contributed by atoms with Crippen LogP contribution in [0.4, 0.5) is 13.2 Å². The Hall–Kier alpha value is -1.02. The third-order valence-corrected chi connectivity index (χ3v) is 2.02. The van der Waals surface area contributed by atoms with Crippen molar-refractivity contribution in [1.29, 1.82) is 5.26 Å². The van der Waals surface area contributed by atoms with Crippen molar-refractivity contribution in [2.45, 2.75) is 6.42 Å². The summed E-state index contributed by atoms with van der Waals surface area (Å²) in [5.74, 6) is -4.14. The lowest BCUT2D eigenvalue weighted by atomic mass is 10.1. The van der Waals surface area contributed by atoms with Crippen molar-refractivity contribution in [2.75, 3.05) is 0 Å². The molecule has 0 fully saturated rings. The summed E-state index contributed by atoms with van der Waals surface area (Å²) < 4.78 is 38.0. The zero-order chi connectivity index (χ0) is 10.0. The van der Waals surface area contributed by atoms with Gasteiger partial charge in [-0.05, 0) is 22.0 Å². The molecule has 0 aliphatic rings. The van der Waals surface area contributed by atoms with Crippen molar-refractivity contribution in [2.24, 2.45) is 0 Å². The van der Waals surface area contributed by atoms with Crippen LogP contribution in [0.25, 0.3) is 0 Å². The van der Waals surface area contributed by atoms with Gasteiger partial charge in [0.05, 0.1) is 17.0 Å². The summed E-state index contributed by atoms with van der Waals surface area (Å²) in [6.07, 6.45) is -0.290. The maximum Gasteiger partial charge on any atom is 0.195 e. The molecule has 0 bridgehead atoms. The Balaban J connectivity index is 3.34. The first-order valence-corrected chi connectivity index (χ1v) is 4.06. The second-order valence-electron chi connectivity index (χ2n) is 2.29. The van der Waals surface area contributed by atoms with E-state index < -0.39 is 17.5 Å².